The summed E-state index contributed by atoms with van der Waals surface area (Å²) in [6, 6.07) is 17.7. The molecule has 2 heterocycles. The maximum atomic E-state index is 13.0. The Morgan fingerprint density at radius 2 is 1.89 bits per heavy atom. The summed E-state index contributed by atoms with van der Waals surface area (Å²) in [6.07, 6.45) is 3.53. The van der Waals surface area contributed by atoms with E-state index in [-0.39, 0.29) is 18.6 Å². The minimum absolute atomic E-state index is 0.0464. The van der Waals surface area contributed by atoms with Crippen molar-refractivity contribution in [2.75, 3.05) is 13.8 Å². The Bertz CT molecular complexity index is 948. The number of fused-ring (bicyclic) bond motifs is 1. The third kappa shape index (κ3) is 3.96. The second-order valence-electron chi connectivity index (χ2n) is 6.73. The monoisotopic (exact) mass is 375 g/mol. The molecule has 0 N–H and O–H groups in total. The number of amides is 1. The largest absolute Gasteiger partial charge is 0.454 e. The quantitative estimate of drug-likeness (QED) is 0.661. The summed E-state index contributed by atoms with van der Waals surface area (Å²) >= 11 is 0. The number of nitrogens with zero attached hydrogens (tertiary/aromatic N) is 3. The van der Waals surface area contributed by atoms with E-state index in [0.717, 1.165) is 28.3 Å². The summed E-state index contributed by atoms with van der Waals surface area (Å²) < 4.78 is 10.9. The van der Waals surface area contributed by atoms with Crippen LogP contribution in [-0.4, -0.2) is 34.6 Å². The number of aromatic nitrogens is 2. The molecule has 6 heteroatoms. The Balaban J connectivity index is 1.57. The predicted octanol–water partition coefficient (Wildman–Crippen LogP) is 3.39. The second-order valence-corrected chi connectivity index (χ2v) is 6.73. The molecule has 1 aromatic heterocycles. The fourth-order valence-electron chi connectivity index (χ4n) is 3.32. The molecule has 1 aliphatic rings. The highest BCUT2D eigenvalue weighted by Crippen LogP contribution is 2.37. The van der Waals surface area contributed by atoms with Gasteiger partial charge in [-0.1, -0.05) is 36.4 Å². The van der Waals surface area contributed by atoms with E-state index in [4.69, 9.17) is 9.47 Å². The van der Waals surface area contributed by atoms with Gasteiger partial charge < -0.3 is 14.4 Å². The van der Waals surface area contributed by atoms with Crippen LogP contribution in [0.25, 0.3) is 0 Å². The van der Waals surface area contributed by atoms with Crippen molar-refractivity contribution in [2.24, 2.45) is 0 Å². The van der Waals surface area contributed by atoms with Crippen molar-refractivity contribution in [3.05, 3.63) is 83.9 Å². The maximum Gasteiger partial charge on any atom is 0.231 e. The van der Waals surface area contributed by atoms with Crippen LogP contribution in [0.1, 0.15) is 29.2 Å². The van der Waals surface area contributed by atoms with E-state index >= 15 is 0 Å². The number of hydrogen-bond donors (Lipinski definition) is 0. The maximum absolute atomic E-state index is 13.0. The number of hydrogen-bond acceptors (Lipinski definition) is 5. The van der Waals surface area contributed by atoms with Crippen LogP contribution in [0.15, 0.2) is 67.1 Å². The molecule has 1 amide bonds. The van der Waals surface area contributed by atoms with Gasteiger partial charge >= 0.3 is 0 Å². The third-order valence-corrected chi connectivity index (χ3v) is 4.85. The van der Waals surface area contributed by atoms with Crippen molar-refractivity contribution >= 4 is 5.91 Å². The zero-order chi connectivity index (χ0) is 19.3. The van der Waals surface area contributed by atoms with E-state index in [0.29, 0.717) is 13.0 Å². The molecule has 2 aromatic carbocycles. The van der Waals surface area contributed by atoms with Crippen LogP contribution < -0.4 is 9.47 Å². The van der Waals surface area contributed by atoms with E-state index in [1.807, 2.05) is 54.6 Å². The molecule has 0 radical (unpaired) electrons. The van der Waals surface area contributed by atoms with E-state index in [9.17, 15) is 4.79 Å². The first-order valence-corrected chi connectivity index (χ1v) is 9.14. The van der Waals surface area contributed by atoms with E-state index < -0.39 is 0 Å². The summed E-state index contributed by atoms with van der Waals surface area (Å²) in [5.41, 5.74) is 2.93. The van der Waals surface area contributed by atoms with Gasteiger partial charge in [0, 0.05) is 25.6 Å². The minimum Gasteiger partial charge on any atom is -0.454 e. The first-order valence-electron chi connectivity index (χ1n) is 9.14. The van der Waals surface area contributed by atoms with Gasteiger partial charge in [-0.05, 0) is 29.3 Å². The molecule has 0 unspecified atom stereocenters. The van der Waals surface area contributed by atoms with Crippen LogP contribution in [0.5, 0.6) is 11.5 Å². The van der Waals surface area contributed by atoms with Crippen LogP contribution >= 0.6 is 0 Å². The molecule has 0 fully saturated rings. The first-order chi connectivity index (χ1) is 13.7. The van der Waals surface area contributed by atoms with Crippen LogP contribution in [0.2, 0.25) is 0 Å². The molecular weight excluding hydrogens is 354 g/mol. The lowest BCUT2D eigenvalue weighted by Gasteiger charge is -2.22. The summed E-state index contributed by atoms with van der Waals surface area (Å²) in [5, 5.41) is 0. The molecule has 3 aromatic rings. The molecule has 1 atom stereocenters. The highest BCUT2D eigenvalue weighted by Gasteiger charge is 2.23. The van der Waals surface area contributed by atoms with Gasteiger partial charge in [0.2, 0.25) is 12.7 Å². The lowest BCUT2D eigenvalue weighted by Crippen LogP contribution is -2.28. The molecule has 6 nitrogen and oxygen atoms in total. The zero-order valence-electron chi connectivity index (χ0n) is 15.6. The Morgan fingerprint density at radius 3 is 2.68 bits per heavy atom. The molecule has 28 heavy (non-hydrogen) atoms. The average molecular weight is 375 g/mol. The fourth-order valence-corrected chi connectivity index (χ4v) is 3.32. The second kappa shape index (κ2) is 8.08. The van der Waals surface area contributed by atoms with Crippen molar-refractivity contribution in [3.63, 3.8) is 0 Å². The van der Waals surface area contributed by atoms with E-state index in [1.165, 1.54) is 6.33 Å². The summed E-state index contributed by atoms with van der Waals surface area (Å²) in [7, 11) is 1.80. The third-order valence-electron chi connectivity index (χ3n) is 4.85. The number of rotatable bonds is 6. The van der Waals surface area contributed by atoms with Gasteiger partial charge in [0.25, 0.3) is 0 Å². The van der Waals surface area contributed by atoms with E-state index in [2.05, 4.69) is 9.97 Å². The summed E-state index contributed by atoms with van der Waals surface area (Å²) in [5.74, 6) is 1.43. The molecule has 0 spiro atoms. The molecule has 0 aliphatic carbocycles. The highest BCUT2D eigenvalue weighted by atomic mass is 16.7. The van der Waals surface area contributed by atoms with Crippen molar-refractivity contribution in [3.8, 4) is 11.5 Å². The van der Waals surface area contributed by atoms with Crippen molar-refractivity contribution in [1.82, 2.24) is 14.9 Å². The predicted molar refractivity (Wildman–Crippen MR) is 104 cm³/mol. The van der Waals surface area contributed by atoms with Crippen molar-refractivity contribution in [2.45, 2.75) is 18.9 Å². The van der Waals surface area contributed by atoms with E-state index in [1.54, 1.807) is 18.1 Å². The normalized spacial score (nSPS) is 13.2. The molecule has 142 valence electrons. The minimum atomic E-state index is -0.0731. The lowest BCUT2D eigenvalue weighted by molar-refractivity contribution is -0.130. The topological polar surface area (TPSA) is 64.6 Å². The van der Waals surface area contributed by atoms with Crippen LogP contribution in [0, 0.1) is 0 Å². The lowest BCUT2D eigenvalue weighted by atomic mass is 9.88. The SMILES string of the molecule is CN(Cc1ccncn1)C(=O)C[C@H](c1ccccc1)c1ccc2c(c1)OCO2. The number of carbonyl (C=O) groups is 1. The summed E-state index contributed by atoms with van der Waals surface area (Å²) in [6.45, 7) is 0.680. The zero-order valence-corrected chi connectivity index (χ0v) is 15.6. The van der Waals surface area contributed by atoms with Crippen LogP contribution in [0.3, 0.4) is 0 Å². The van der Waals surface area contributed by atoms with Gasteiger partial charge in [-0.25, -0.2) is 9.97 Å². The Labute approximate surface area is 163 Å². The molecule has 0 bridgehead atoms. The van der Waals surface area contributed by atoms with Gasteiger partial charge in [0.15, 0.2) is 11.5 Å². The smallest absolute Gasteiger partial charge is 0.231 e. The molecular formula is C22H21N3O3. The Kier molecular flexibility index (Phi) is 5.19. The molecule has 4 rings (SSSR count). The fraction of sp³-hybridized carbons (Fsp3) is 0.227. The van der Waals surface area contributed by atoms with Gasteiger partial charge in [-0.15, -0.1) is 0 Å². The number of carbonyl (C=O) groups excluding carboxylic acids is 1. The summed E-state index contributed by atoms with van der Waals surface area (Å²) in [4.78, 5) is 22.8. The highest BCUT2D eigenvalue weighted by molar-refractivity contribution is 5.77. The van der Waals surface area contributed by atoms with Gasteiger partial charge in [-0.3, -0.25) is 4.79 Å². The Morgan fingerprint density at radius 1 is 1.07 bits per heavy atom. The molecule has 1 aliphatic heterocycles. The molecule has 0 saturated carbocycles. The standard InChI is InChI=1S/C22H21N3O3/c1-25(13-18-9-10-23-14-24-18)22(26)12-19(16-5-3-2-4-6-16)17-7-8-20-21(11-17)28-15-27-20/h2-11,14,19H,12-13,15H2,1H3/t19-/m1/s1. The van der Waals surface area contributed by atoms with Crippen LogP contribution in [0.4, 0.5) is 0 Å². The number of benzene rings is 2. The van der Waals surface area contributed by atoms with Gasteiger partial charge in [-0.2, -0.15) is 0 Å². The van der Waals surface area contributed by atoms with Crippen molar-refractivity contribution in [1.29, 1.82) is 0 Å². The van der Waals surface area contributed by atoms with Crippen molar-refractivity contribution < 1.29 is 14.3 Å². The van der Waals surface area contributed by atoms with Gasteiger partial charge in [0.1, 0.15) is 6.33 Å². The van der Waals surface area contributed by atoms with Gasteiger partial charge in [0.05, 0.1) is 12.2 Å². The first kappa shape index (κ1) is 18.0. The average Bonchev–Trinajstić information content (AvgIpc) is 3.21. The number of ether oxygens (including phenoxy) is 2. The molecule has 0 saturated heterocycles. The Hall–Kier alpha value is -3.41. The van der Waals surface area contributed by atoms with Crippen LogP contribution in [-0.2, 0) is 11.3 Å².